The number of hydrogen-bond acceptors (Lipinski definition) is 1. The third kappa shape index (κ3) is 5.57. The monoisotopic (exact) mass is 704 g/mol. The number of rotatable bonds is 4. The van der Waals surface area contributed by atoms with Crippen LogP contribution < -0.4 is 0 Å². The molecule has 0 radical (unpaired) electrons. The standard InChI is InChI=1S/C53H36S/c1-35-27-31-41(54-40-18-3-2-4-19-40)32-30-37-16-7-8-20-42(37)49-34-50(43-21-9-10-22-44(43)51(35)49)53-47-25-13-11-23-45(47)52(46-24-12-14-26-48(46)53)39-29-28-36-15-5-6-17-38(36)33-39/h2-29,31-34H,1,30H2/b31-27-,41-32+. The molecule has 0 bridgehead atoms. The van der Waals surface area contributed by atoms with Crippen LogP contribution in [0.3, 0.4) is 0 Å². The van der Waals surface area contributed by atoms with Crippen molar-refractivity contribution < 1.29 is 0 Å². The minimum absolute atomic E-state index is 0.829. The Morgan fingerprint density at radius 1 is 0.407 bits per heavy atom. The maximum Gasteiger partial charge on any atom is 0.0122 e. The summed E-state index contributed by atoms with van der Waals surface area (Å²) in [4.78, 5) is 2.44. The van der Waals surface area contributed by atoms with E-state index in [1.54, 1.807) is 11.8 Å². The van der Waals surface area contributed by atoms with E-state index in [1.807, 2.05) is 0 Å². The van der Waals surface area contributed by atoms with Crippen LogP contribution in [0.4, 0.5) is 0 Å². The van der Waals surface area contributed by atoms with Crippen LogP contribution in [-0.2, 0) is 6.42 Å². The van der Waals surface area contributed by atoms with Gasteiger partial charge in [-0.2, -0.15) is 0 Å². The zero-order valence-electron chi connectivity index (χ0n) is 29.8. The molecule has 54 heavy (non-hydrogen) atoms. The van der Waals surface area contributed by atoms with Gasteiger partial charge in [-0.25, -0.2) is 0 Å². The molecule has 9 aromatic rings. The topological polar surface area (TPSA) is 0 Å². The summed E-state index contributed by atoms with van der Waals surface area (Å²) >= 11 is 1.80. The lowest BCUT2D eigenvalue weighted by molar-refractivity contribution is 1.26. The second kappa shape index (κ2) is 13.5. The second-order valence-corrected chi connectivity index (χ2v) is 15.2. The zero-order valence-corrected chi connectivity index (χ0v) is 30.6. The predicted molar refractivity (Wildman–Crippen MR) is 235 cm³/mol. The van der Waals surface area contributed by atoms with Crippen LogP contribution in [0.1, 0.15) is 11.1 Å². The molecule has 0 N–H and O–H groups in total. The van der Waals surface area contributed by atoms with Crippen molar-refractivity contribution in [3.05, 3.63) is 217 Å². The van der Waals surface area contributed by atoms with Crippen molar-refractivity contribution >= 4 is 60.4 Å². The highest BCUT2D eigenvalue weighted by atomic mass is 32.2. The van der Waals surface area contributed by atoms with E-state index in [2.05, 4.69) is 194 Å². The third-order valence-electron chi connectivity index (χ3n) is 10.9. The van der Waals surface area contributed by atoms with Gasteiger partial charge in [-0.15, -0.1) is 0 Å². The van der Waals surface area contributed by atoms with Gasteiger partial charge in [0.25, 0.3) is 0 Å². The number of benzene rings is 9. The summed E-state index contributed by atoms with van der Waals surface area (Å²) in [5.41, 5.74) is 11.0. The van der Waals surface area contributed by atoms with Crippen molar-refractivity contribution in [1.29, 1.82) is 0 Å². The van der Waals surface area contributed by atoms with Crippen LogP contribution in [0.5, 0.6) is 0 Å². The Kier molecular flexibility index (Phi) is 8.08. The van der Waals surface area contributed by atoms with E-state index >= 15 is 0 Å². The fraction of sp³-hybridized carbons (Fsp3) is 0.0189. The van der Waals surface area contributed by atoms with Crippen molar-refractivity contribution in [1.82, 2.24) is 0 Å². The summed E-state index contributed by atoms with van der Waals surface area (Å²) in [6.07, 6.45) is 7.65. The summed E-state index contributed by atoms with van der Waals surface area (Å²) in [6.45, 7) is 4.74. The molecule has 0 saturated carbocycles. The summed E-state index contributed by atoms with van der Waals surface area (Å²) in [7, 11) is 0. The summed E-state index contributed by atoms with van der Waals surface area (Å²) in [5, 5.41) is 9.96. The maximum absolute atomic E-state index is 4.74. The molecule has 9 aromatic carbocycles. The van der Waals surface area contributed by atoms with Crippen LogP contribution in [0.15, 0.2) is 211 Å². The molecule has 0 amide bonds. The minimum atomic E-state index is 0.829. The fourth-order valence-electron chi connectivity index (χ4n) is 8.42. The van der Waals surface area contributed by atoms with Crippen LogP contribution in [0.25, 0.3) is 82.0 Å². The molecule has 1 heteroatoms. The first-order valence-corrected chi connectivity index (χ1v) is 19.4. The second-order valence-electron chi connectivity index (χ2n) is 14.0. The van der Waals surface area contributed by atoms with Gasteiger partial charge >= 0.3 is 0 Å². The average molecular weight is 705 g/mol. The summed E-state index contributed by atoms with van der Waals surface area (Å²) in [5.74, 6) is 0. The van der Waals surface area contributed by atoms with Crippen LogP contribution in [0.2, 0.25) is 0 Å². The predicted octanol–water partition coefficient (Wildman–Crippen LogP) is 15.1. The number of allylic oxidation sites excluding steroid dienone is 4. The molecule has 1 aliphatic carbocycles. The lowest BCUT2D eigenvalue weighted by Gasteiger charge is -2.23. The summed E-state index contributed by atoms with van der Waals surface area (Å²) < 4.78 is 0. The van der Waals surface area contributed by atoms with Gasteiger partial charge in [0.05, 0.1) is 0 Å². The highest BCUT2D eigenvalue weighted by Crippen LogP contribution is 2.49. The molecule has 10 rings (SSSR count). The Morgan fingerprint density at radius 2 is 0.981 bits per heavy atom. The van der Waals surface area contributed by atoms with Crippen molar-refractivity contribution in [3.63, 3.8) is 0 Å². The van der Waals surface area contributed by atoms with Gasteiger partial charge in [-0.05, 0) is 130 Å². The quantitative estimate of drug-likeness (QED) is 0.164. The van der Waals surface area contributed by atoms with Gasteiger partial charge < -0.3 is 0 Å². The fourth-order valence-corrected chi connectivity index (χ4v) is 9.29. The minimum Gasteiger partial charge on any atom is -0.0911 e. The average Bonchev–Trinajstić information content (AvgIpc) is 3.23. The first-order chi connectivity index (χ1) is 26.7. The molecule has 0 unspecified atom stereocenters. The molecule has 1 aliphatic rings. The van der Waals surface area contributed by atoms with E-state index in [0.29, 0.717) is 0 Å². The highest BCUT2D eigenvalue weighted by Gasteiger charge is 2.22. The maximum atomic E-state index is 4.74. The normalized spacial score (nSPS) is 14.4. The van der Waals surface area contributed by atoms with Crippen molar-refractivity contribution in [3.8, 4) is 33.4 Å². The van der Waals surface area contributed by atoms with Crippen LogP contribution >= 0.6 is 11.8 Å². The number of thioether (sulfide) groups is 1. The Hall–Kier alpha value is -6.41. The first-order valence-electron chi connectivity index (χ1n) is 18.6. The van der Waals surface area contributed by atoms with E-state index in [4.69, 9.17) is 6.58 Å². The van der Waals surface area contributed by atoms with E-state index in [-0.39, 0.29) is 0 Å². The van der Waals surface area contributed by atoms with Gasteiger partial charge in [0.1, 0.15) is 0 Å². The number of fused-ring (bicyclic) bond motifs is 8. The number of hydrogen-bond donors (Lipinski definition) is 0. The molecular weight excluding hydrogens is 669 g/mol. The van der Waals surface area contributed by atoms with E-state index in [9.17, 15) is 0 Å². The summed E-state index contributed by atoms with van der Waals surface area (Å²) in [6, 6.07) is 64.4. The van der Waals surface area contributed by atoms with Crippen molar-refractivity contribution in [2.45, 2.75) is 11.3 Å². The molecule has 0 heterocycles. The van der Waals surface area contributed by atoms with Gasteiger partial charge in [-0.1, -0.05) is 182 Å². The third-order valence-corrected chi connectivity index (χ3v) is 11.9. The molecule has 0 aromatic heterocycles. The van der Waals surface area contributed by atoms with E-state index in [1.165, 1.54) is 97.4 Å². The Bertz CT molecular complexity index is 2940. The largest absolute Gasteiger partial charge is 0.0911 e. The molecule has 0 aliphatic heterocycles. The Labute approximate surface area is 320 Å². The van der Waals surface area contributed by atoms with Gasteiger partial charge in [0.15, 0.2) is 0 Å². The van der Waals surface area contributed by atoms with E-state index < -0.39 is 0 Å². The smallest absolute Gasteiger partial charge is 0.0122 e. The van der Waals surface area contributed by atoms with Crippen LogP contribution in [0, 0.1) is 0 Å². The molecule has 0 saturated heterocycles. The Balaban J connectivity index is 1.25. The SMILES string of the molecule is C=C1/C=C\C(Sc2ccccc2)=C/Cc2ccccc2-c2cc(-c3c4ccccc4c(-c4ccc5ccccc5c4)c4ccccc34)c3ccccc3c21. The lowest BCUT2D eigenvalue weighted by Crippen LogP contribution is -1.98. The van der Waals surface area contributed by atoms with Gasteiger partial charge in [-0.3, -0.25) is 0 Å². The zero-order chi connectivity index (χ0) is 36.0. The molecule has 254 valence electrons. The van der Waals surface area contributed by atoms with Gasteiger partial charge in [0.2, 0.25) is 0 Å². The van der Waals surface area contributed by atoms with Crippen molar-refractivity contribution in [2.24, 2.45) is 0 Å². The molecular formula is C53H36S. The van der Waals surface area contributed by atoms with Gasteiger partial charge in [0, 0.05) is 9.80 Å². The molecule has 0 atom stereocenters. The highest BCUT2D eigenvalue weighted by molar-refractivity contribution is 8.03. The molecule has 0 spiro atoms. The molecule has 0 nitrogen and oxygen atoms in total. The van der Waals surface area contributed by atoms with Crippen LogP contribution in [-0.4, -0.2) is 0 Å². The Morgan fingerprint density at radius 3 is 1.70 bits per heavy atom. The molecule has 0 fully saturated rings. The first kappa shape index (κ1) is 32.3. The van der Waals surface area contributed by atoms with Crippen molar-refractivity contribution in [2.75, 3.05) is 0 Å². The lowest BCUT2D eigenvalue weighted by atomic mass is 9.80. The van der Waals surface area contributed by atoms with E-state index in [0.717, 1.165) is 12.0 Å².